The summed E-state index contributed by atoms with van der Waals surface area (Å²) in [7, 11) is 2.01. The molecule has 118 valence electrons. The third kappa shape index (κ3) is 4.49. The van der Waals surface area contributed by atoms with Crippen molar-refractivity contribution in [2.24, 2.45) is 0 Å². The molecule has 21 heavy (non-hydrogen) atoms. The van der Waals surface area contributed by atoms with E-state index in [1.165, 1.54) is 0 Å². The Morgan fingerprint density at radius 3 is 2.67 bits per heavy atom. The van der Waals surface area contributed by atoms with Crippen LogP contribution in [0.15, 0.2) is 12.1 Å². The monoisotopic (exact) mass is 302 g/mol. The summed E-state index contributed by atoms with van der Waals surface area (Å²) in [6.45, 7) is 4.19. The first-order valence-corrected chi connectivity index (χ1v) is 7.16. The molecule has 0 aromatic carbocycles. The van der Waals surface area contributed by atoms with Crippen LogP contribution in [-0.4, -0.2) is 42.6 Å². The van der Waals surface area contributed by atoms with Gasteiger partial charge in [-0.15, -0.1) is 0 Å². The Balaban J connectivity index is 2.19. The number of likely N-dealkylation sites (N-methyl/N-ethyl adjacent to an activating group) is 1. The molecule has 1 aliphatic heterocycles. The van der Waals surface area contributed by atoms with E-state index in [1.54, 1.807) is 0 Å². The second-order valence-electron chi connectivity index (χ2n) is 5.40. The minimum atomic E-state index is -4.37. The van der Waals surface area contributed by atoms with Gasteiger partial charge < -0.3 is 15.5 Å². The molecule has 0 spiro atoms. The molecule has 0 bridgehead atoms. The van der Waals surface area contributed by atoms with Crippen LogP contribution in [-0.2, 0) is 6.18 Å². The molecule has 0 amide bonds. The topological polar surface area (TPSA) is 40.2 Å². The third-order valence-corrected chi connectivity index (χ3v) is 3.49. The van der Waals surface area contributed by atoms with E-state index >= 15 is 0 Å². The maximum atomic E-state index is 12.9. The zero-order valence-corrected chi connectivity index (χ0v) is 12.3. The second-order valence-corrected chi connectivity index (χ2v) is 5.40. The molecule has 2 heterocycles. The summed E-state index contributed by atoms with van der Waals surface area (Å²) >= 11 is 0. The van der Waals surface area contributed by atoms with Crippen molar-refractivity contribution in [3.05, 3.63) is 17.7 Å². The maximum Gasteiger partial charge on any atom is 0.416 e. The van der Waals surface area contributed by atoms with Gasteiger partial charge in [-0.1, -0.05) is 0 Å². The molecule has 0 radical (unpaired) electrons. The van der Waals surface area contributed by atoms with Gasteiger partial charge in [-0.3, -0.25) is 0 Å². The lowest BCUT2D eigenvalue weighted by molar-refractivity contribution is -0.137. The Kier molecular flexibility index (Phi) is 4.92. The van der Waals surface area contributed by atoms with Crippen molar-refractivity contribution < 1.29 is 13.2 Å². The van der Waals surface area contributed by atoms with Gasteiger partial charge in [-0.25, -0.2) is 4.98 Å². The molecule has 7 heteroatoms. The van der Waals surface area contributed by atoms with E-state index in [4.69, 9.17) is 0 Å². The van der Waals surface area contributed by atoms with E-state index < -0.39 is 11.7 Å². The number of piperidine rings is 1. The molecule has 1 saturated heterocycles. The van der Waals surface area contributed by atoms with Crippen LogP contribution >= 0.6 is 0 Å². The lowest BCUT2D eigenvalue weighted by atomic mass is 10.1. The summed E-state index contributed by atoms with van der Waals surface area (Å²) in [4.78, 5) is 6.38. The first kappa shape index (κ1) is 15.9. The summed E-state index contributed by atoms with van der Waals surface area (Å²) in [6.07, 6.45) is -2.39. The Morgan fingerprint density at radius 1 is 1.33 bits per heavy atom. The van der Waals surface area contributed by atoms with Crippen LogP contribution in [0.4, 0.5) is 24.8 Å². The van der Waals surface area contributed by atoms with Crippen molar-refractivity contribution >= 4 is 11.6 Å². The van der Waals surface area contributed by atoms with E-state index in [9.17, 15) is 13.2 Å². The highest BCUT2D eigenvalue weighted by Gasteiger charge is 2.32. The number of halogens is 3. The first-order chi connectivity index (χ1) is 9.88. The van der Waals surface area contributed by atoms with Crippen LogP contribution in [0, 0.1) is 0 Å². The highest BCUT2D eigenvalue weighted by atomic mass is 19.4. The van der Waals surface area contributed by atoms with Gasteiger partial charge in [-0.05, 0) is 45.5 Å². The number of rotatable bonds is 4. The van der Waals surface area contributed by atoms with Crippen molar-refractivity contribution in [1.82, 2.24) is 9.88 Å². The number of likely N-dealkylation sites (tertiary alicyclic amines) is 1. The number of nitrogens with one attached hydrogen (secondary N) is 2. The van der Waals surface area contributed by atoms with Gasteiger partial charge >= 0.3 is 6.18 Å². The van der Waals surface area contributed by atoms with E-state index in [2.05, 4.69) is 20.5 Å². The highest BCUT2D eigenvalue weighted by Crippen LogP contribution is 2.32. The molecule has 1 atom stereocenters. The summed E-state index contributed by atoms with van der Waals surface area (Å²) in [6, 6.07) is 2.26. The number of nitrogens with zero attached hydrogens (tertiary/aromatic N) is 2. The van der Waals surface area contributed by atoms with Crippen molar-refractivity contribution in [3.8, 4) is 0 Å². The molecular weight excluding hydrogens is 281 g/mol. The van der Waals surface area contributed by atoms with E-state index in [1.807, 2.05) is 14.0 Å². The zero-order valence-electron chi connectivity index (χ0n) is 12.3. The molecule has 2 rings (SSSR count). The zero-order chi connectivity index (χ0) is 15.5. The summed E-state index contributed by atoms with van der Waals surface area (Å²) in [5.41, 5.74) is -0.680. The lowest BCUT2D eigenvalue weighted by Crippen LogP contribution is -2.40. The standard InChI is InChI=1S/C14H21F3N4/c1-3-18-12-7-10(14(15,16)17)8-13(20-12)19-11-5-4-6-21(2)9-11/h7-8,11H,3-6,9H2,1-2H3,(H2,18,19,20). The van der Waals surface area contributed by atoms with Crippen LogP contribution in [0.1, 0.15) is 25.3 Å². The quantitative estimate of drug-likeness (QED) is 0.897. The summed E-state index contributed by atoms with van der Waals surface area (Å²) in [5.74, 6) is 0.528. The maximum absolute atomic E-state index is 12.9. The molecule has 1 aromatic heterocycles. The van der Waals surface area contributed by atoms with Crippen LogP contribution in [0.25, 0.3) is 0 Å². The molecule has 1 aliphatic rings. The van der Waals surface area contributed by atoms with E-state index in [0.29, 0.717) is 6.54 Å². The minimum absolute atomic E-state index is 0.134. The molecule has 2 N–H and O–H groups in total. The Hall–Kier alpha value is -1.50. The SMILES string of the molecule is CCNc1cc(C(F)(F)F)cc(NC2CCCN(C)C2)n1. The van der Waals surface area contributed by atoms with Gasteiger partial charge in [-0.2, -0.15) is 13.2 Å². The molecule has 4 nitrogen and oxygen atoms in total. The number of anilines is 2. The molecule has 1 unspecified atom stereocenters. The summed E-state index contributed by atoms with van der Waals surface area (Å²) in [5, 5.41) is 5.97. The van der Waals surface area contributed by atoms with E-state index in [0.717, 1.165) is 38.1 Å². The number of hydrogen-bond acceptors (Lipinski definition) is 4. The van der Waals surface area contributed by atoms with Crippen molar-refractivity contribution in [2.75, 3.05) is 37.3 Å². The predicted octanol–water partition coefficient (Wildman–Crippen LogP) is 3.04. The average Bonchev–Trinajstić information content (AvgIpc) is 2.37. The van der Waals surface area contributed by atoms with E-state index in [-0.39, 0.29) is 17.7 Å². The predicted molar refractivity (Wildman–Crippen MR) is 77.5 cm³/mol. The largest absolute Gasteiger partial charge is 0.416 e. The second kappa shape index (κ2) is 6.51. The third-order valence-electron chi connectivity index (χ3n) is 3.49. The Labute approximate surface area is 122 Å². The number of pyridine rings is 1. The molecular formula is C14H21F3N4. The molecule has 0 saturated carbocycles. The number of hydrogen-bond donors (Lipinski definition) is 2. The van der Waals surface area contributed by atoms with Gasteiger partial charge in [0.1, 0.15) is 11.6 Å². The fraction of sp³-hybridized carbons (Fsp3) is 0.643. The fourth-order valence-electron chi connectivity index (χ4n) is 2.53. The Bertz CT molecular complexity index is 476. The normalized spacial score (nSPS) is 20.3. The molecule has 1 fully saturated rings. The van der Waals surface area contributed by atoms with Gasteiger partial charge in [0.25, 0.3) is 0 Å². The molecule has 0 aliphatic carbocycles. The van der Waals surface area contributed by atoms with Crippen molar-refractivity contribution in [3.63, 3.8) is 0 Å². The summed E-state index contributed by atoms with van der Waals surface area (Å²) < 4.78 is 38.8. The lowest BCUT2D eigenvalue weighted by Gasteiger charge is -2.30. The van der Waals surface area contributed by atoms with Gasteiger partial charge in [0.2, 0.25) is 0 Å². The Morgan fingerprint density at radius 2 is 2.05 bits per heavy atom. The van der Waals surface area contributed by atoms with Crippen LogP contribution in [0.3, 0.4) is 0 Å². The van der Waals surface area contributed by atoms with Crippen molar-refractivity contribution in [2.45, 2.75) is 32.0 Å². The van der Waals surface area contributed by atoms with Gasteiger partial charge in [0.05, 0.1) is 5.56 Å². The minimum Gasteiger partial charge on any atom is -0.370 e. The number of alkyl halides is 3. The van der Waals surface area contributed by atoms with Gasteiger partial charge in [0.15, 0.2) is 0 Å². The van der Waals surface area contributed by atoms with Gasteiger partial charge in [0, 0.05) is 19.1 Å². The van der Waals surface area contributed by atoms with Crippen LogP contribution in [0.5, 0.6) is 0 Å². The highest BCUT2D eigenvalue weighted by molar-refractivity contribution is 5.50. The molecule has 1 aromatic rings. The first-order valence-electron chi connectivity index (χ1n) is 7.16. The smallest absolute Gasteiger partial charge is 0.370 e. The van der Waals surface area contributed by atoms with Crippen molar-refractivity contribution in [1.29, 1.82) is 0 Å². The average molecular weight is 302 g/mol. The van der Waals surface area contributed by atoms with Crippen LogP contribution < -0.4 is 10.6 Å². The fourth-order valence-corrected chi connectivity index (χ4v) is 2.53. The number of aromatic nitrogens is 1. The van der Waals surface area contributed by atoms with Crippen LogP contribution in [0.2, 0.25) is 0 Å².